The molecular formula is C15H11ClN4O3. The molecule has 0 bridgehead atoms. The van der Waals surface area contributed by atoms with E-state index in [4.69, 9.17) is 17.3 Å². The summed E-state index contributed by atoms with van der Waals surface area (Å²) in [5.74, 6) is 0.0200. The number of hydrogen-bond acceptors (Lipinski definition) is 5. The summed E-state index contributed by atoms with van der Waals surface area (Å²) >= 11 is 5.93. The van der Waals surface area contributed by atoms with Crippen LogP contribution in [-0.4, -0.2) is 19.9 Å². The van der Waals surface area contributed by atoms with Gasteiger partial charge < -0.3 is 10.8 Å². The minimum absolute atomic E-state index is 0.0200. The molecule has 0 fully saturated rings. The summed E-state index contributed by atoms with van der Waals surface area (Å²) in [6.07, 6.45) is 0. The van der Waals surface area contributed by atoms with Crippen LogP contribution in [0.4, 0.5) is 5.69 Å². The zero-order valence-corrected chi connectivity index (χ0v) is 12.4. The van der Waals surface area contributed by atoms with Crippen molar-refractivity contribution in [2.45, 2.75) is 0 Å². The molecular weight excluding hydrogens is 320 g/mol. The highest BCUT2D eigenvalue weighted by atomic mass is 35.5. The van der Waals surface area contributed by atoms with Gasteiger partial charge in [0.15, 0.2) is 5.69 Å². The van der Waals surface area contributed by atoms with Gasteiger partial charge in [0.25, 0.3) is 5.56 Å². The van der Waals surface area contributed by atoms with E-state index in [0.717, 1.165) is 4.57 Å². The van der Waals surface area contributed by atoms with E-state index in [2.05, 4.69) is 10.2 Å². The Morgan fingerprint density at radius 3 is 2.52 bits per heavy atom. The fourth-order valence-electron chi connectivity index (χ4n) is 2.14. The summed E-state index contributed by atoms with van der Waals surface area (Å²) in [5, 5.41) is 15.8. The zero-order valence-electron chi connectivity index (χ0n) is 11.7. The Labute approximate surface area is 134 Å². The van der Waals surface area contributed by atoms with Crippen molar-refractivity contribution in [1.29, 1.82) is 0 Å². The van der Waals surface area contributed by atoms with Crippen LogP contribution in [0, 0.1) is 0 Å². The van der Waals surface area contributed by atoms with Gasteiger partial charge in [-0.05, 0) is 42.5 Å². The van der Waals surface area contributed by atoms with E-state index in [9.17, 15) is 14.7 Å². The Bertz CT molecular complexity index is 993. The largest absolute Gasteiger partial charge is 0.508 e. The van der Waals surface area contributed by atoms with Crippen molar-refractivity contribution in [3.05, 3.63) is 68.3 Å². The van der Waals surface area contributed by atoms with Gasteiger partial charge in [-0.2, -0.15) is 5.10 Å². The molecule has 0 aliphatic carbocycles. The SMILES string of the molecule is Nc1ccc(Cl)cc1-c1n[nH]c(=O)n(-c2ccc(O)cc2)c1=O. The van der Waals surface area contributed by atoms with Crippen LogP contribution in [0.15, 0.2) is 52.1 Å². The van der Waals surface area contributed by atoms with Crippen LogP contribution >= 0.6 is 11.6 Å². The quantitative estimate of drug-likeness (QED) is 0.616. The monoisotopic (exact) mass is 330 g/mol. The smallest absolute Gasteiger partial charge is 0.349 e. The summed E-state index contributed by atoms with van der Waals surface area (Å²) in [7, 11) is 0. The third kappa shape index (κ3) is 2.69. The van der Waals surface area contributed by atoms with Crippen LogP contribution in [0.25, 0.3) is 16.9 Å². The molecule has 0 spiro atoms. The maximum Gasteiger partial charge on any atom is 0.349 e. The third-order valence-electron chi connectivity index (χ3n) is 3.25. The molecule has 0 atom stereocenters. The second-order valence-electron chi connectivity index (χ2n) is 4.77. The summed E-state index contributed by atoms with van der Waals surface area (Å²) in [6.45, 7) is 0. The molecule has 0 amide bonds. The standard InChI is InChI=1S/C15H11ClN4O3/c16-8-1-6-12(17)11(7-8)13-14(22)20(15(23)19-18-13)9-2-4-10(21)5-3-9/h1-7,21H,17H2,(H,19,23). The number of nitrogens with two attached hydrogens (primary N) is 1. The molecule has 0 saturated carbocycles. The van der Waals surface area contributed by atoms with Crippen molar-refractivity contribution in [3.63, 3.8) is 0 Å². The Kier molecular flexibility index (Phi) is 3.63. The van der Waals surface area contributed by atoms with Gasteiger partial charge in [-0.25, -0.2) is 14.5 Å². The van der Waals surface area contributed by atoms with E-state index in [-0.39, 0.29) is 11.4 Å². The number of H-pyrrole nitrogens is 1. The highest BCUT2D eigenvalue weighted by Crippen LogP contribution is 2.25. The number of aromatic amines is 1. The topological polar surface area (TPSA) is 114 Å². The van der Waals surface area contributed by atoms with Gasteiger partial charge in [-0.1, -0.05) is 11.6 Å². The van der Waals surface area contributed by atoms with Crippen LogP contribution in [0.1, 0.15) is 0 Å². The average molecular weight is 331 g/mol. The third-order valence-corrected chi connectivity index (χ3v) is 3.49. The van der Waals surface area contributed by atoms with Gasteiger partial charge in [0.05, 0.1) is 5.69 Å². The molecule has 3 rings (SSSR count). The Hall–Kier alpha value is -3.06. The minimum Gasteiger partial charge on any atom is -0.508 e. The summed E-state index contributed by atoms with van der Waals surface area (Å²) in [4.78, 5) is 24.6. The number of rotatable bonds is 2. The number of nitrogen functional groups attached to an aromatic ring is 1. The predicted molar refractivity (Wildman–Crippen MR) is 87.0 cm³/mol. The lowest BCUT2D eigenvalue weighted by atomic mass is 10.1. The number of nitrogens with zero attached hydrogens (tertiary/aromatic N) is 2. The van der Waals surface area contributed by atoms with E-state index in [1.807, 2.05) is 0 Å². The molecule has 3 aromatic rings. The van der Waals surface area contributed by atoms with Crippen molar-refractivity contribution in [1.82, 2.24) is 14.8 Å². The lowest BCUT2D eigenvalue weighted by Gasteiger charge is -2.08. The highest BCUT2D eigenvalue weighted by Gasteiger charge is 2.15. The molecule has 1 heterocycles. The molecule has 0 aliphatic rings. The molecule has 0 saturated heterocycles. The van der Waals surface area contributed by atoms with Crippen molar-refractivity contribution < 1.29 is 5.11 Å². The Balaban J connectivity index is 2.28. The lowest BCUT2D eigenvalue weighted by molar-refractivity contribution is 0.475. The molecule has 8 heteroatoms. The summed E-state index contributed by atoms with van der Waals surface area (Å²) < 4.78 is 0.905. The van der Waals surface area contributed by atoms with E-state index in [0.29, 0.717) is 22.0 Å². The van der Waals surface area contributed by atoms with Crippen LogP contribution in [0.2, 0.25) is 5.02 Å². The maximum absolute atomic E-state index is 12.7. The first-order chi connectivity index (χ1) is 11.0. The van der Waals surface area contributed by atoms with Gasteiger partial charge in [-0.15, -0.1) is 0 Å². The van der Waals surface area contributed by atoms with Crippen molar-refractivity contribution in [3.8, 4) is 22.7 Å². The molecule has 0 aliphatic heterocycles. The van der Waals surface area contributed by atoms with Crippen molar-refractivity contribution in [2.24, 2.45) is 0 Å². The number of aromatic hydroxyl groups is 1. The van der Waals surface area contributed by atoms with Gasteiger partial charge in [0.1, 0.15) is 5.75 Å². The second-order valence-corrected chi connectivity index (χ2v) is 5.20. The lowest BCUT2D eigenvalue weighted by Crippen LogP contribution is -2.35. The minimum atomic E-state index is -0.704. The van der Waals surface area contributed by atoms with Gasteiger partial charge in [0.2, 0.25) is 0 Å². The molecule has 0 radical (unpaired) electrons. The van der Waals surface area contributed by atoms with E-state index < -0.39 is 11.2 Å². The summed E-state index contributed by atoms with van der Waals surface area (Å²) in [5.41, 5.74) is 5.41. The number of hydrogen-bond donors (Lipinski definition) is 3. The van der Waals surface area contributed by atoms with Crippen LogP contribution in [0.3, 0.4) is 0 Å². The Morgan fingerprint density at radius 2 is 1.83 bits per heavy atom. The first-order valence-electron chi connectivity index (χ1n) is 6.54. The van der Waals surface area contributed by atoms with Crippen LogP contribution < -0.4 is 17.0 Å². The molecule has 1 aromatic heterocycles. The van der Waals surface area contributed by atoms with Crippen LogP contribution in [-0.2, 0) is 0 Å². The molecule has 4 N–H and O–H groups in total. The molecule has 23 heavy (non-hydrogen) atoms. The number of benzene rings is 2. The fraction of sp³-hybridized carbons (Fsp3) is 0. The second kappa shape index (κ2) is 5.62. The number of phenolic OH excluding ortho intramolecular Hbond substituents is 1. The molecule has 2 aromatic carbocycles. The number of nitrogens with one attached hydrogen (secondary N) is 1. The van der Waals surface area contributed by atoms with Crippen molar-refractivity contribution in [2.75, 3.05) is 5.73 Å². The highest BCUT2D eigenvalue weighted by molar-refractivity contribution is 6.31. The number of anilines is 1. The fourth-order valence-corrected chi connectivity index (χ4v) is 2.32. The molecule has 7 nitrogen and oxygen atoms in total. The first-order valence-corrected chi connectivity index (χ1v) is 6.91. The van der Waals surface area contributed by atoms with Crippen molar-refractivity contribution >= 4 is 17.3 Å². The zero-order chi connectivity index (χ0) is 16.6. The molecule has 0 unspecified atom stereocenters. The van der Waals surface area contributed by atoms with E-state index >= 15 is 0 Å². The summed E-state index contributed by atoms with van der Waals surface area (Å²) in [6, 6.07) is 10.3. The van der Waals surface area contributed by atoms with Gasteiger partial charge >= 0.3 is 5.69 Å². The molecule has 116 valence electrons. The average Bonchev–Trinajstić information content (AvgIpc) is 2.52. The number of phenols is 1. The predicted octanol–water partition coefficient (Wildman–Crippen LogP) is 1.53. The first kappa shape index (κ1) is 14.9. The van der Waals surface area contributed by atoms with Gasteiger partial charge in [-0.3, -0.25) is 4.79 Å². The Morgan fingerprint density at radius 1 is 1.13 bits per heavy atom. The van der Waals surface area contributed by atoms with Crippen LogP contribution in [0.5, 0.6) is 5.75 Å². The van der Waals surface area contributed by atoms with E-state index in [1.165, 1.54) is 30.3 Å². The number of halogens is 1. The maximum atomic E-state index is 12.7. The van der Waals surface area contributed by atoms with Gasteiger partial charge in [0, 0.05) is 16.3 Å². The normalized spacial score (nSPS) is 10.7. The van der Waals surface area contributed by atoms with E-state index in [1.54, 1.807) is 12.1 Å². The number of aromatic nitrogens is 3.